The predicted molar refractivity (Wildman–Crippen MR) is 108 cm³/mol. The van der Waals surface area contributed by atoms with E-state index in [9.17, 15) is 9.90 Å². The second kappa shape index (κ2) is 7.49. The average Bonchev–Trinajstić information content (AvgIpc) is 3.13. The third-order valence-corrected chi connectivity index (χ3v) is 5.91. The van der Waals surface area contributed by atoms with Gasteiger partial charge in [0.2, 0.25) is 0 Å². The van der Waals surface area contributed by atoms with Crippen LogP contribution in [0.5, 0.6) is 5.75 Å². The standard InChI is InChI=1S/C23H21NO2S/c1-2-16-6-5-9-20(12-16)27-22-13-17(10-11-21(22)25)23(26)24-14-18-7-3-4-8-19(18)15-24/h3-13,25H,2,14-15H2,1H3. The monoisotopic (exact) mass is 375 g/mol. The van der Waals surface area contributed by atoms with Crippen molar-refractivity contribution in [2.75, 3.05) is 0 Å². The maximum Gasteiger partial charge on any atom is 0.254 e. The van der Waals surface area contributed by atoms with Crippen LogP contribution >= 0.6 is 11.8 Å². The fourth-order valence-corrected chi connectivity index (χ4v) is 4.31. The molecule has 0 bridgehead atoms. The molecule has 0 atom stereocenters. The zero-order chi connectivity index (χ0) is 18.8. The number of phenolic OH excluding ortho intramolecular Hbond substituents is 1. The largest absolute Gasteiger partial charge is 0.507 e. The van der Waals surface area contributed by atoms with Crippen LogP contribution in [0.1, 0.15) is 34.0 Å². The number of aryl methyl sites for hydroxylation is 1. The zero-order valence-electron chi connectivity index (χ0n) is 15.2. The van der Waals surface area contributed by atoms with E-state index in [0.29, 0.717) is 23.5 Å². The minimum absolute atomic E-state index is 0.00430. The molecule has 136 valence electrons. The van der Waals surface area contributed by atoms with Gasteiger partial charge < -0.3 is 10.0 Å². The van der Waals surface area contributed by atoms with Crippen LogP contribution in [0.25, 0.3) is 0 Å². The lowest BCUT2D eigenvalue weighted by Crippen LogP contribution is -2.25. The van der Waals surface area contributed by atoms with Crippen molar-refractivity contribution in [2.45, 2.75) is 36.2 Å². The summed E-state index contributed by atoms with van der Waals surface area (Å²) in [5.41, 5.74) is 4.27. The lowest BCUT2D eigenvalue weighted by molar-refractivity contribution is 0.0751. The molecule has 1 heterocycles. The number of rotatable bonds is 4. The van der Waals surface area contributed by atoms with E-state index in [2.05, 4.69) is 31.2 Å². The molecule has 27 heavy (non-hydrogen) atoms. The summed E-state index contributed by atoms with van der Waals surface area (Å²) in [6.07, 6.45) is 0.967. The molecule has 3 aromatic carbocycles. The Morgan fingerprint density at radius 1 is 1.00 bits per heavy atom. The molecule has 4 heteroatoms. The fraction of sp³-hybridized carbons (Fsp3) is 0.174. The lowest BCUT2D eigenvalue weighted by atomic mass is 10.1. The van der Waals surface area contributed by atoms with E-state index in [1.807, 2.05) is 29.2 Å². The third kappa shape index (κ3) is 3.71. The molecule has 0 unspecified atom stereocenters. The van der Waals surface area contributed by atoms with Gasteiger partial charge in [0.15, 0.2) is 0 Å². The van der Waals surface area contributed by atoms with Crippen molar-refractivity contribution in [3.63, 3.8) is 0 Å². The first-order valence-corrected chi connectivity index (χ1v) is 9.91. The van der Waals surface area contributed by atoms with Gasteiger partial charge in [-0.3, -0.25) is 4.79 Å². The lowest BCUT2D eigenvalue weighted by Gasteiger charge is -2.16. The molecule has 0 radical (unpaired) electrons. The van der Waals surface area contributed by atoms with E-state index >= 15 is 0 Å². The van der Waals surface area contributed by atoms with Crippen LogP contribution in [-0.4, -0.2) is 15.9 Å². The van der Waals surface area contributed by atoms with Gasteiger partial charge in [0.25, 0.3) is 5.91 Å². The normalized spacial score (nSPS) is 12.9. The highest BCUT2D eigenvalue weighted by Gasteiger charge is 2.24. The molecule has 1 amide bonds. The number of aromatic hydroxyl groups is 1. The minimum atomic E-state index is -0.00430. The van der Waals surface area contributed by atoms with Gasteiger partial charge in [-0.15, -0.1) is 0 Å². The van der Waals surface area contributed by atoms with Crippen LogP contribution in [0.2, 0.25) is 0 Å². The van der Waals surface area contributed by atoms with Crippen LogP contribution in [0.4, 0.5) is 0 Å². The number of hydrogen-bond donors (Lipinski definition) is 1. The number of nitrogens with zero attached hydrogens (tertiary/aromatic N) is 1. The number of carbonyl (C=O) groups is 1. The van der Waals surface area contributed by atoms with Gasteiger partial charge in [-0.1, -0.05) is 55.1 Å². The molecule has 1 aliphatic heterocycles. The Balaban J connectivity index is 1.56. The Labute approximate surface area is 163 Å². The highest BCUT2D eigenvalue weighted by Crippen LogP contribution is 2.36. The molecule has 3 aromatic rings. The molecule has 1 aliphatic rings. The van der Waals surface area contributed by atoms with Crippen LogP contribution in [0.15, 0.2) is 76.5 Å². The first-order valence-electron chi connectivity index (χ1n) is 9.10. The van der Waals surface area contributed by atoms with Crippen molar-refractivity contribution in [1.29, 1.82) is 0 Å². The molecule has 0 spiro atoms. The fourth-order valence-electron chi connectivity index (χ4n) is 3.34. The molecular weight excluding hydrogens is 354 g/mol. The second-order valence-corrected chi connectivity index (χ2v) is 7.83. The Hall–Kier alpha value is -2.72. The smallest absolute Gasteiger partial charge is 0.254 e. The van der Waals surface area contributed by atoms with Crippen molar-refractivity contribution in [1.82, 2.24) is 4.90 Å². The molecule has 0 saturated heterocycles. The summed E-state index contributed by atoms with van der Waals surface area (Å²) in [6.45, 7) is 3.39. The van der Waals surface area contributed by atoms with Gasteiger partial charge in [0, 0.05) is 23.5 Å². The molecule has 0 aliphatic carbocycles. The number of carbonyl (C=O) groups excluding carboxylic acids is 1. The first-order chi connectivity index (χ1) is 13.1. The van der Waals surface area contributed by atoms with Crippen molar-refractivity contribution < 1.29 is 9.90 Å². The molecule has 4 rings (SSSR count). The van der Waals surface area contributed by atoms with E-state index in [1.165, 1.54) is 28.5 Å². The van der Waals surface area contributed by atoms with Gasteiger partial charge in [-0.25, -0.2) is 0 Å². The molecule has 3 nitrogen and oxygen atoms in total. The van der Waals surface area contributed by atoms with Gasteiger partial charge >= 0.3 is 0 Å². The summed E-state index contributed by atoms with van der Waals surface area (Å²) in [6, 6.07) is 21.5. The van der Waals surface area contributed by atoms with Crippen LogP contribution < -0.4 is 0 Å². The zero-order valence-corrected chi connectivity index (χ0v) is 16.0. The van der Waals surface area contributed by atoms with Crippen LogP contribution in [0.3, 0.4) is 0 Å². The van der Waals surface area contributed by atoms with Crippen molar-refractivity contribution in [3.05, 3.63) is 89.0 Å². The summed E-state index contributed by atoms with van der Waals surface area (Å²) in [5, 5.41) is 10.3. The SMILES string of the molecule is CCc1cccc(Sc2cc(C(=O)N3Cc4ccccc4C3)ccc2O)c1. The van der Waals surface area contributed by atoms with Gasteiger partial charge in [0.05, 0.1) is 4.90 Å². The van der Waals surface area contributed by atoms with Crippen LogP contribution in [0, 0.1) is 0 Å². The highest BCUT2D eigenvalue weighted by atomic mass is 32.2. The van der Waals surface area contributed by atoms with E-state index in [1.54, 1.807) is 18.2 Å². The Kier molecular flexibility index (Phi) is 4.90. The van der Waals surface area contributed by atoms with Crippen molar-refractivity contribution in [3.8, 4) is 5.75 Å². The number of fused-ring (bicyclic) bond motifs is 1. The third-order valence-electron chi connectivity index (χ3n) is 4.87. The van der Waals surface area contributed by atoms with Gasteiger partial charge in [0.1, 0.15) is 5.75 Å². The molecular formula is C23H21NO2S. The molecule has 0 fully saturated rings. The summed E-state index contributed by atoms with van der Waals surface area (Å²) < 4.78 is 0. The van der Waals surface area contributed by atoms with Crippen molar-refractivity contribution >= 4 is 17.7 Å². The van der Waals surface area contributed by atoms with E-state index in [4.69, 9.17) is 0 Å². The predicted octanol–water partition coefficient (Wildman–Crippen LogP) is 5.26. The van der Waals surface area contributed by atoms with Crippen molar-refractivity contribution in [2.24, 2.45) is 0 Å². The minimum Gasteiger partial charge on any atom is -0.507 e. The Morgan fingerprint density at radius 2 is 1.74 bits per heavy atom. The second-order valence-electron chi connectivity index (χ2n) is 6.72. The molecule has 0 aromatic heterocycles. The van der Waals surface area contributed by atoms with Gasteiger partial charge in [-0.05, 0) is 53.4 Å². The van der Waals surface area contributed by atoms with E-state index < -0.39 is 0 Å². The molecule has 1 N–H and O–H groups in total. The summed E-state index contributed by atoms with van der Waals surface area (Å²) >= 11 is 1.48. The molecule has 0 saturated carbocycles. The number of amides is 1. The number of phenols is 1. The number of hydrogen-bond acceptors (Lipinski definition) is 3. The highest BCUT2D eigenvalue weighted by molar-refractivity contribution is 7.99. The first kappa shape index (κ1) is 17.7. The summed E-state index contributed by atoms with van der Waals surface area (Å²) in [4.78, 5) is 16.6. The summed E-state index contributed by atoms with van der Waals surface area (Å²) in [7, 11) is 0. The maximum absolute atomic E-state index is 13.0. The maximum atomic E-state index is 13.0. The van der Waals surface area contributed by atoms with E-state index in [-0.39, 0.29) is 11.7 Å². The number of benzene rings is 3. The van der Waals surface area contributed by atoms with E-state index in [0.717, 1.165) is 11.3 Å². The Bertz CT molecular complexity index is 974. The summed E-state index contributed by atoms with van der Waals surface area (Å²) in [5.74, 6) is 0.193. The Morgan fingerprint density at radius 3 is 2.44 bits per heavy atom. The quantitative estimate of drug-likeness (QED) is 0.676. The average molecular weight is 375 g/mol. The topological polar surface area (TPSA) is 40.5 Å². The van der Waals surface area contributed by atoms with Crippen LogP contribution in [-0.2, 0) is 19.5 Å². The van der Waals surface area contributed by atoms with Gasteiger partial charge in [-0.2, -0.15) is 0 Å².